The van der Waals surface area contributed by atoms with Gasteiger partial charge in [-0.2, -0.15) is 0 Å². The highest BCUT2D eigenvalue weighted by molar-refractivity contribution is 5.35. The number of hydrogen-bond donors (Lipinski definition) is 1. The van der Waals surface area contributed by atoms with Crippen LogP contribution in [0.5, 0.6) is 0 Å². The average Bonchev–Trinajstić information content (AvgIpc) is 2.30. The van der Waals surface area contributed by atoms with E-state index in [4.69, 9.17) is 0 Å². The van der Waals surface area contributed by atoms with Gasteiger partial charge in [-0.25, -0.2) is 4.98 Å². The van der Waals surface area contributed by atoms with Crippen LogP contribution < -0.4 is 10.5 Å². The summed E-state index contributed by atoms with van der Waals surface area (Å²) in [6, 6.07) is 0.465. The lowest BCUT2D eigenvalue weighted by Crippen LogP contribution is -2.38. The third kappa shape index (κ3) is 2.26. The molecule has 0 unspecified atom stereocenters. The van der Waals surface area contributed by atoms with Gasteiger partial charge in [-0.1, -0.05) is 6.92 Å². The molecule has 1 saturated carbocycles. The minimum atomic E-state index is -0.0939. The SMILES string of the molecule is CC1CCC(N(C)c2ncc[nH]c2=O)CC1. The molecule has 0 atom stereocenters. The van der Waals surface area contributed by atoms with E-state index in [2.05, 4.69) is 16.9 Å². The van der Waals surface area contributed by atoms with Gasteiger partial charge in [-0.05, 0) is 31.6 Å². The Kier molecular flexibility index (Phi) is 3.27. The van der Waals surface area contributed by atoms with Crippen LogP contribution in [0.4, 0.5) is 5.82 Å². The molecule has 88 valence electrons. The summed E-state index contributed by atoms with van der Waals surface area (Å²) in [5.41, 5.74) is -0.0939. The molecular weight excluding hydrogens is 202 g/mol. The molecule has 0 aromatic carbocycles. The molecule has 1 fully saturated rings. The van der Waals surface area contributed by atoms with Gasteiger partial charge in [0.1, 0.15) is 0 Å². The molecule has 2 rings (SSSR count). The van der Waals surface area contributed by atoms with Gasteiger partial charge in [0, 0.05) is 25.5 Å². The molecule has 16 heavy (non-hydrogen) atoms. The van der Waals surface area contributed by atoms with Crippen LogP contribution in [-0.4, -0.2) is 23.1 Å². The second-order valence-electron chi connectivity index (χ2n) is 4.77. The first-order valence-electron chi connectivity index (χ1n) is 5.95. The van der Waals surface area contributed by atoms with Gasteiger partial charge in [0.05, 0.1) is 0 Å². The highest BCUT2D eigenvalue weighted by Gasteiger charge is 2.23. The summed E-state index contributed by atoms with van der Waals surface area (Å²) in [7, 11) is 1.97. The molecule has 1 heterocycles. The summed E-state index contributed by atoms with van der Waals surface area (Å²) in [4.78, 5) is 20.5. The zero-order valence-electron chi connectivity index (χ0n) is 9.94. The standard InChI is InChI=1S/C12H19N3O/c1-9-3-5-10(6-4-9)15(2)11-12(16)14-8-7-13-11/h7-10H,3-6H2,1-2H3,(H,14,16). The van der Waals surface area contributed by atoms with Crippen molar-refractivity contribution in [1.82, 2.24) is 9.97 Å². The minimum Gasteiger partial charge on any atom is -0.352 e. The van der Waals surface area contributed by atoms with Crippen LogP contribution in [-0.2, 0) is 0 Å². The maximum absolute atomic E-state index is 11.6. The molecule has 4 nitrogen and oxygen atoms in total. The zero-order valence-corrected chi connectivity index (χ0v) is 9.94. The highest BCUT2D eigenvalue weighted by atomic mass is 16.1. The van der Waals surface area contributed by atoms with E-state index >= 15 is 0 Å². The summed E-state index contributed by atoms with van der Waals surface area (Å²) in [5.74, 6) is 1.37. The van der Waals surface area contributed by atoms with Gasteiger partial charge in [0.2, 0.25) is 0 Å². The quantitative estimate of drug-likeness (QED) is 0.828. The lowest BCUT2D eigenvalue weighted by atomic mass is 9.87. The lowest BCUT2D eigenvalue weighted by molar-refractivity contribution is 0.339. The summed E-state index contributed by atoms with van der Waals surface area (Å²) < 4.78 is 0. The Hall–Kier alpha value is -1.32. The number of aromatic nitrogens is 2. The number of nitrogens with one attached hydrogen (secondary N) is 1. The number of hydrogen-bond acceptors (Lipinski definition) is 3. The molecule has 0 amide bonds. The molecular formula is C12H19N3O. The Morgan fingerprint density at radius 3 is 2.69 bits per heavy atom. The van der Waals surface area contributed by atoms with E-state index in [1.807, 2.05) is 11.9 Å². The molecule has 4 heteroatoms. The van der Waals surface area contributed by atoms with Crippen molar-refractivity contribution in [3.05, 3.63) is 22.7 Å². The van der Waals surface area contributed by atoms with E-state index < -0.39 is 0 Å². The Balaban J connectivity index is 2.11. The molecule has 0 bridgehead atoms. The summed E-state index contributed by atoms with van der Waals surface area (Å²) >= 11 is 0. The first-order valence-corrected chi connectivity index (χ1v) is 5.95. The molecule has 0 aliphatic heterocycles. The summed E-state index contributed by atoms with van der Waals surface area (Å²) in [6.07, 6.45) is 8.03. The Bertz CT molecular complexity index is 393. The minimum absolute atomic E-state index is 0.0939. The average molecular weight is 221 g/mol. The van der Waals surface area contributed by atoms with E-state index in [-0.39, 0.29) is 5.56 Å². The van der Waals surface area contributed by atoms with Crippen molar-refractivity contribution in [3.8, 4) is 0 Å². The first kappa shape index (κ1) is 11.2. The second-order valence-corrected chi connectivity index (χ2v) is 4.77. The van der Waals surface area contributed by atoms with Crippen molar-refractivity contribution >= 4 is 5.82 Å². The van der Waals surface area contributed by atoms with Crippen LogP contribution in [0.2, 0.25) is 0 Å². The van der Waals surface area contributed by atoms with Crippen molar-refractivity contribution in [2.24, 2.45) is 5.92 Å². The Labute approximate surface area is 95.7 Å². The predicted molar refractivity (Wildman–Crippen MR) is 64.7 cm³/mol. The largest absolute Gasteiger partial charge is 0.352 e. The van der Waals surface area contributed by atoms with Crippen LogP contribution in [0.15, 0.2) is 17.2 Å². The number of nitrogens with zero attached hydrogens (tertiary/aromatic N) is 2. The topological polar surface area (TPSA) is 49.0 Å². The summed E-state index contributed by atoms with van der Waals surface area (Å²) in [6.45, 7) is 2.30. The van der Waals surface area contributed by atoms with Crippen molar-refractivity contribution in [3.63, 3.8) is 0 Å². The number of rotatable bonds is 2. The van der Waals surface area contributed by atoms with Crippen LogP contribution in [0.3, 0.4) is 0 Å². The van der Waals surface area contributed by atoms with Crippen LogP contribution >= 0.6 is 0 Å². The third-order valence-corrected chi connectivity index (χ3v) is 3.56. The third-order valence-electron chi connectivity index (χ3n) is 3.56. The molecule has 1 aromatic rings. The maximum atomic E-state index is 11.6. The van der Waals surface area contributed by atoms with Crippen LogP contribution in [0.25, 0.3) is 0 Å². The Morgan fingerprint density at radius 2 is 2.06 bits per heavy atom. The zero-order chi connectivity index (χ0) is 11.5. The number of anilines is 1. The highest BCUT2D eigenvalue weighted by Crippen LogP contribution is 2.27. The van der Waals surface area contributed by atoms with Crippen molar-refractivity contribution in [1.29, 1.82) is 0 Å². The van der Waals surface area contributed by atoms with Crippen LogP contribution in [0.1, 0.15) is 32.6 Å². The lowest BCUT2D eigenvalue weighted by Gasteiger charge is -2.33. The first-order chi connectivity index (χ1) is 7.68. The van der Waals surface area contributed by atoms with Crippen molar-refractivity contribution in [2.75, 3.05) is 11.9 Å². The normalized spacial score (nSPS) is 25.4. The van der Waals surface area contributed by atoms with Gasteiger partial charge in [-0.15, -0.1) is 0 Å². The fraction of sp³-hybridized carbons (Fsp3) is 0.667. The fourth-order valence-electron chi connectivity index (χ4n) is 2.40. The molecule has 0 spiro atoms. The van der Waals surface area contributed by atoms with E-state index in [1.54, 1.807) is 12.4 Å². The smallest absolute Gasteiger partial charge is 0.290 e. The molecule has 1 aliphatic rings. The Morgan fingerprint density at radius 1 is 1.38 bits per heavy atom. The van der Waals surface area contributed by atoms with Gasteiger partial charge >= 0.3 is 0 Å². The van der Waals surface area contributed by atoms with Gasteiger partial charge < -0.3 is 9.88 Å². The van der Waals surface area contributed by atoms with Gasteiger partial charge in [0.15, 0.2) is 5.82 Å². The second kappa shape index (κ2) is 4.68. The molecule has 1 aliphatic carbocycles. The summed E-state index contributed by atoms with van der Waals surface area (Å²) in [5, 5.41) is 0. The van der Waals surface area contributed by atoms with Gasteiger partial charge in [0.25, 0.3) is 5.56 Å². The molecule has 0 saturated heterocycles. The van der Waals surface area contributed by atoms with E-state index in [1.165, 1.54) is 12.8 Å². The van der Waals surface area contributed by atoms with E-state index in [0.29, 0.717) is 11.9 Å². The number of H-pyrrole nitrogens is 1. The molecule has 1 N–H and O–H groups in total. The van der Waals surface area contributed by atoms with Crippen molar-refractivity contribution in [2.45, 2.75) is 38.6 Å². The van der Waals surface area contributed by atoms with E-state index in [9.17, 15) is 4.79 Å². The van der Waals surface area contributed by atoms with Gasteiger partial charge in [-0.3, -0.25) is 4.79 Å². The maximum Gasteiger partial charge on any atom is 0.290 e. The van der Waals surface area contributed by atoms with Crippen LogP contribution in [0, 0.1) is 5.92 Å². The molecule has 0 radical (unpaired) electrons. The monoisotopic (exact) mass is 221 g/mol. The van der Waals surface area contributed by atoms with E-state index in [0.717, 1.165) is 18.8 Å². The van der Waals surface area contributed by atoms with Crippen molar-refractivity contribution < 1.29 is 0 Å². The molecule has 1 aromatic heterocycles. The predicted octanol–water partition coefficient (Wildman–Crippen LogP) is 1.78. The fourth-order valence-corrected chi connectivity index (χ4v) is 2.40. The number of aromatic amines is 1.